The zero-order chi connectivity index (χ0) is 24.2. The number of aryl methyl sites for hydroxylation is 2. The van der Waals surface area contributed by atoms with Crippen LogP contribution in [0.1, 0.15) is 22.4 Å². The lowest BCUT2D eigenvalue weighted by Crippen LogP contribution is -2.47. The molecule has 1 aromatic carbocycles. The Labute approximate surface area is 202 Å². The van der Waals surface area contributed by atoms with E-state index in [-0.39, 0.29) is 18.6 Å². The number of aromatic nitrogens is 3. The molecule has 0 aliphatic carbocycles. The fourth-order valence-corrected chi connectivity index (χ4v) is 4.52. The number of nitrogens with one attached hydrogen (secondary N) is 2. The lowest BCUT2D eigenvalue weighted by atomic mass is 10.2. The van der Waals surface area contributed by atoms with Crippen LogP contribution in [0.25, 0.3) is 0 Å². The van der Waals surface area contributed by atoms with E-state index < -0.39 is 0 Å². The number of thiazole rings is 1. The van der Waals surface area contributed by atoms with Crippen LogP contribution in [-0.4, -0.2) is 70.2 Å². The first-order valence-corrected chi connectivity index (χ1v) is 11.8. The molecule has 3 heterocycles. The number of anilines is 4. The standard InChI is InChI=1S/C22H26ClN7O2S/c1-14-4-3-5-16(23)20(14)28-21(32)17-13-24-22(33-17)27-18-12-19(26-15(2)25-18)30-8-6-29(7-9-30)10-11-31/h3-5,12-13,31H,6-11H2,1-2H3,(H,28,32)(H,24,25,26,27)/i12D. The van der Waals surface area contributed by atoms with Crippen molar-refractivity contribution in [2.45, 2.75) is 13.8 Å². The number of hydrogen-bond acceptors (Lipinski definition) is 9. The number of para-hydroxylation sites is 1. The van der Waals surface area contributed by atoms with Crippen LogP contribution in [0.4, 0.5) is 22.5 Å². The summed E-state index contributed by atoms with van der Waals surface area (Å²) < 4.78 is 8.65. The Morgan fingerprint density at radius 2 is 2.06 bits per heavy atom. The number of halogens is 1. The number of carbonyl (C=O) groups excluding carboxylic acids is 1. The fourth-order valence-electron chi connectivity index (χ4n) is 3.54. The number of hydrogen-bond donors (Lipinski definition) is 3. The molecule has 11 heteroatoms. The molecule has 0 unspecified atom stereocenters. The summed E-state index contributed by atoms with van der Waals surface area (Å²) >= 11 is 7.38. The molecule has 0 saturated carbocycles. The lowest BCUT2D eigenvalue weighted by Gasteiger charge is -2.35. The molecule has 1 fully saturated rings. The highest BCUT2D eigenvalue weighted by atomic mass is 35.5. The molecule has 0 atom stereocenters. The second kappa shape index (κ2) is 10.4. The molecule has 1 aliphatic heterocycles. The van der Waals surface area contributed by atoms with Crippen molar-refractivity contribution in [3.63, 3.8) is 0 Å². The predicted molar refractivity (Wildman–Crippen MR) is 132 cm³/mol. The van der Waals surface area contributed by atoms with Gasteiger partial charge in [-0.25, -0.2) is 15.0 Å². The van der Waals surface area contributed by atoms with Crippen LogP contribution in [-0.2, 0) is 0 Å². The summed E-state index contributed by atoms with van der Waals surface area (Å²) in [5.41, 5.74) is 1.43. The van der Waals surface area contributed by atoms with Gasteiger partial charge in [-0.15, -0.1) is 0 Å². The molecule has 174 valence electrons. The number of nitrogens with zero attached hydrogens (tertiary/aromatic N) is 5. The van der Waals surface area contributed by atoms with Crippen LogP contribution in [0.15, 0.2) is 30.4 Å². The number of rotatable bonds is 7. The smallest absolute Gasteiger partial charge is 0.267 e. The SMILES string of the molecule is [2H]c1c(Nc2ncc(C(=O)Nc3c(C)cccc3Cl)s2)nc(C)nc1N1CCN(CCO)CC1. The van der Waals surface area contributed by atoms with Gasteiger partial charge in [-0.3, -0.25) is 9.69 Å². The summed E-state index contributed by atoms with van der Waals surface area (Å²) in [6.45, 7) is 7.45. The van der Waals surface area contributed by atoms with E-state index in [1.807, 2.05) is 19.1 Å². The second-order valence-corrected chi connectivity index (χ2v) is 9.10. The average Bonchev–Trinajstić information content (AvgIpc) is 3.28. The van der Waals surface area contributed by atoms with Crippen molar-refractivity contribution in [1.82, 2.24) is 19.9 Å². The van der Waals surface area contributed by atoms with Crippen LogP contribution in [0.3, 0.4) is 0 Å². The highest BCUT2D eigenvalue weighted by Gasteiger charge is 2.19. The minimum atomic E-state index is -0.312. The molecule has 9 nitrogen and oxygen atoms in total. The summed E-state index contributed by atoms with van der Waals surface area (Å²) in [4.78, 5) is 30.5. The summed E-state index contributed by atoms with van der Waals surface area (Å²) in [7, 11) is 0. The molecule has 0 spiro atoms. The molecule has 3 N–H and O–H groups in total. The molecule has 1 saturated heterocycles. The largest absolute Gasteiger partial charge is 0.395 e. The molecule has 0 radical (unpaired) electrons. The van der Waals surface area contributed by atoms with Gasteiger partial charge in [-0.2, -0.15) is 0 Å². The average molecular weight is 489 g/mol. The maximum absolute atomic E-state index is 12.7. The van der Waals surface area contributed by atoms with E-state index in [4.69, 9.17) is 18.1 Å². The van der Waals surface area contributed by atoms with E-state index in [2.05, 4.69) is 35.4 Å². The van der Waals surface area contributed by atoms with Crippen LogP contribution >= 0.6 is 22.9 Å². The lowest BCUT2D eigenvalue weighted by molar-refractivity contribution is 0.103. The third-order valence-electron chi connectivity index (χ3n) is 5.27. The van der Waals surface area contributed by atoms with Crippen molar-refractivity contribution in [3.05, 3.63) is 51.7 Å². The molecule has 2 aromatic heterocycles. The van der Waals surface area contributed by atoms with Gasteiger partial charge in [0.1, 0.15) is 22.3 Å². The van der Waals surface area contributed by atoms with Gasteiger partial charge in [0, 0.05) is 38.8 Å². The Hall–Kier alpha value is -2.79. The van der Waals surface area contributed by atoms with Crippen LogP contribution in [0.2, 0.25) is 5.02 Å². The first kappa shape index (κ1) is 22.0. The van der Waals surface area contributed by atoms with Gasteiger partial charge in [0.15, 0.2) is 5.13 Å². The Morgan fingerprint density at radius 3 is 2.79 bits per heavy atom. The van der Waals surface area contributed by atoms with E-state index in [0.29, 0.717) is 57.8 Å². The van der Waals surface area contributed by atoms with Crippen molar-refractivity contribution in [2.24, 2.45) is 0 Å². The Kier molecular flexibility index (Phi) is 6.96. The summed E-state index contributed by atoms with van der Waals surface area (Å²) in [5.74, 6) is 1.12. The topological polar surface area (TPSA) is 107 Å². The first-order chi connectivity index (χ1) is 16.4. The number of aliphatic hydroxyl groups is 1. The predicted octanol–water partition coefficient (Wildman–Crippen LogP) is 3.31. The maximum Gasteiger partial charge on any atom is 0.267 e. The molecule has 3 aromatic rings. The van der Waals surface area contributed by atoms with E-state index >= 15 is 0 Å². The van der Waals surface area contributed by atoms with Gasteiger partial charge in [0.05, 0.1) is 24.9 Å². The summed E-state index contributed by atoms with van der Waals surface area (Å²) in [5, 5.41) is 16.0. The molecule has 1 amide bonds. The maximum atomic E-state index is 12.7. The number of aliphatic hydroxyl groups excluding tert-OH is 1. The van der Waals surface area contributed by atoms with Gasteiger partial charge < -0.3 is 20.6 Å². The Balaban J connectivity index is 1.48. The number of amides is 1. The van der Waals surface area contributed by atoms with Gasteiger partial charge in [-0.1, -0.05) is 35.1 Å². The van der Waals surface area contributed by atoms with E-state index in [9.17, 15) is 4.79 Å². The summed E-state index contributed by atoms with van der Waals surface area (Å²) in [6.07, 6.45) is 1.48. The Bertz CT molecular complexity index is 1160. The minimum Gasteiger partial charge on any atom is -0.395 e. The zero-order valence-corrected chi connectivity index (χ0v) is 20.0. The third kappa shape index (κ3) is 5.77. The second-order valence-electron chi connectivity index (χ2n) is 7.66. The quantitative estimate of drug-likeness (QED) is 0.465. The number of benzene rings is 1. The highest BCUT2D eigenvalue weighted by molar-refractivity contribution is 7.17. The fraction of sp³-hybridized carbons (Fsp3) is 0.364. The van der Waals surface area contributed by atoms with E-state index in [1.165, 1.54) is 6.20 Å². The van der Waals surface area contributed by atoms with Crippen LogP contribution in [0, 0.1) is 13.8 Å². The van der Waals surface area contributed by atoms with Gasteiger partial charge in [-0.05, 0) is 25.5 Å². The number of piperazine rings is 1. The number of β-amino-alcohol motifs (C(OH)–C–C–N with tert-alkyl or cyclic N) is 1. The Morgan fingerprint density at radius 1 is 1.27 bits per heavy atom. The van der Waals surface area contributed by atoms with Crippen molar-refractivity contribution >= 4 is 51.3 Å². The molecule has 1 aliphatic rings. The van der Waals surface area contributed by atoms with Crippen molar-refractivity contribution in [1.29, 1.82) is 0 Å². The van der Waals surface area contributed by atoms with Crippen molar-refractivity contribution < 1.29 is 11.3 Å². The molecular formula is C22H26ClN7O2S. The van der Waals surface area contributed by atoms with Crippen LogP contribution in [0.5, 0.6) is 0 Å². The van der Waals surface area contributed by atoms with Gasteiger partial charge >= 0.3 is 0 Å². The summed E-state index contributed by atoms with van der Waals surface area (Å²) in [6, 6.07) is 5.60. The van der Waals surface area contributed by atoms with Gasteiger partial charge in [0.25, 0.3) is 5.91 Å². The van der Waals surface area contributed by atoms with E-state index in [0.717, 1.165) is 30.0 Å². The third-order valence-corrected chi connectivity index (χ3v) is 6.50. The molecule has 4 rings (SSSR count). The zero-order valence-electron chi connectivity index (χ0n) is 19.4. The van der Waals surface area contributed by atoms with Crippen molar-refractivity contribution in [3.8, 4) is 0 Å². The molecular weight excluding hydrogens is 462 g/mol. The van der Waals surface area contributed by atoms with Gasteiger partial charge in [0.2, 0.25) is 0 Å². The highest BCUT2D eigenvalue weighted by Crippen LogP contribution is 2.28. The van der Waals surface area contributed by atoms with E-state index in [1.54, 1.807) is 13.0 Å². The number of carbonyl (C=O) groups is 1. The van der Waals surface area contributed by atoms with Crippen molar-refractivity contribution in [2.75, 3.05) is 54.9 Å². The molecule has 0 bridgehead atoms. The monoisotopic (exact) mass is 488 g/mol. The minimum absolute atomic E-state index is 0.135. The molecule has 33 heavy (non-hydrogen) atoms. The first-order valence-electron chi connectivity index (χ1n) is 11.1. The normalized spacial score (nSPS) is 14.8. The van der Waals surface area contributed by atoms with Crippen LogP contribution < -0.4 is 15.5 Å².